The second-order valence-electron chi connectivity index (χ2n) is 5.84. The molecule has 0 radical (unpaired) electrons. The molecule has 7 heteroatoms. The lowest BCUT2D eigenvalue weighted by atomic mass is 10.1. The van der Waals surface area contributed by atoms with Crippen molar-refractivity contribution in [2.45, 2.75) is 19.3 Å². The van der Waals surface area contributed by atoms with Crippen LogP contribution in [0.1, 0.15) is 29.8 Å². The molecule has 126 valence electrons. The molecule has 0 aliphatic heterocycles. The normalized spacial score (nSPS) is 13.5. The second-order valence-corrected chi connectivity index (χ2v) is 5.84. The van der Waals surface area contributed by atoms with Crippen LogP contribution < -0.4 is 10.6 Å². The summed E-state index contributed by atoms with van der Waals surface area (Å²) in [6.07, 6.45) is 2.58. The molecule has 2 aromatic rings. The SMILES string of the molecule is O=C(CCNC(=O)c1cc(-c2ccc(F)cc2)on1)NCC1CC1. The van der Waals surface area contributed by atoms with Gasteiger partial charge >= 0.3 is 0 Å². The van der Waals surface area contributed by atoms with Crippen LogP contribution in [0.4, 0.5) is 4.39 Å². The number of hydrogen-bond acceptors (Lipinski definition) is 4. The van der Waals surface area contributed by atoms with Crippen LogP contribution in [0, 0.1) is 11.7 Å². The molecule has 1 aromatic heterocycles. The van der Waals surface area contributed by atoms with Gasteiger partial charge in [-0.2, -0.15) is 0 Å². The lowest BCUT2D eigenvalue weighted by molar-refractivity contribution is -0.121. The predicted molar refractivity (Wildman–Crippen MR) is 84.6 cm³/mol. The van der Waals surface area contributed by atoms with Crippen LogP contribution in [-0.2, 0) is 4.79 Å². The van der Waals surface area contributed by atoms with Crippen molar-refractivity contribution in [2.75, 3.05) is 13.1 Å². The van der Waals surface area contributed by atoms with Crippen molar-refractivity contribution < 1.29 is 18.5 Å². The Kier molecular flexibility index (Phi) is 4.88. The van der Waals surface area contributed by atoms with Crippen LogP contribution >= 0.6 is 0 Å². The van der Waals surface area contributed by atoms with Crippen LogP contribution in [0.25, 0.3) is 11.3 Å². The maximum absolute atomic E-state index is 12.9. The maximum Gasteiger partial charge on any atom is 0.273 e. The summed E-state index contributed by atoms with van der Waals surface area (Å²) in [6.45, 7) is 0.950. The number of nitrogens with zero attached hydrogens (tertiary/aromatic N) is 1. The summed E-state index contributed by atoms with van der Waals surface area (Å²) in [7, 11) is 0. The van der Waals surface area contributed by atoms with E-state index in [-0.39, 0.29) is 30.4 Å². The minimum atomic E-state index is -0.415. The highest BCUT2D eigenvalue weighted by molar-refractivity contribution is 5.93. The quantitative estimate of drug-likeness (QED) is 0.814. The van der Waals surface area contributed by atoms with Gasteiger partial charge in [-0.1, -0.05) is 5.16 Å². The van der Waals surface area contributed by atoms with Gasteiger partial charge in [0, 0.05) is 31.1 Å². The first-order chi connectivity index (χ1) is 11.6. The molecule has 3 rings (SSSR count). The predicted octanol–water partition coefficient (Wildman–Crippen LogP) is 2.13. The second kappa shape index (κ2) is 7.25. The zero-order valence-corrected chi connectivity index (χ0v) is 13.0. The molecular formula is C17H18FN3O3. The molecule has 2 N–H and O–H groups in total. The van der Waals surface area contributed by atoms with E-state index in [1.165, 1.54) is 31.0 Å². The Hall–Kier alpha value is -2.70. The van der Waals surface area contributed by atoms with E-state index in [2.05, 4.69) is 15.8 Å². The molecule has 1 aliphatic carbocycles. The van der Waals surface area contributed by atoms with E-state index in [9.17, 15) is 14.0 Å². The Morgan fingerprint density at radius 1 is 1.21 bits per heavy atom. The lowest BCUT2D eigenvalue weighted by Crippen LogP contribution is -2.31. The maximum atomic E-state index is 12.9. The first kappa shape index (κ1) is 16.2. The van der Waals surface area contributed by atoms with Crippen molar-refractivity contribution >= 4 is 11.8 Å². The molecule has 2 amide bonds. The molecule has 0 saturated heterocycles. The van der Waals surface area contributed by atoms with Crippen LogP contribution in [-0.4, -0.2) is 30.1 Å². The van der Waals surface area contributed by atoms with Gasteiger partial charge in [-0.15, -0.1) is 0 Å². The Balaban J connectivity index is 1.46. The van der Waals surface area contributed by atoms with Crippen LogP contribution in [0.2, 0.25) is 0 Å². The van der Waals surface area contributed by atoms with E-state index in [4.69, 9.17) is 4.52 Å². The Morgan fingerprint density at radius 2 is 1.96 bits per heavy atom. The molecule has 1 fully saturated rings. The number of hydrogen-bond donors (Lipinski definition) is 2. The fraction of sp³-hybridized carbons (Fsp3) is 0.353. The van der Waals surface area contributed by atoms with Gasteiger partial charge in [0.25, 0.3) is 5.91 Å². The van der Waals surface area contributed by atoms with E-state index in [0.717, 1.165) is 6.54 Å². The minimum Gasteiger partial charge on any atom is -0.356 e. The van der Waals surface area contributed by atoms with Gasteiger partial charge in [-0.05, 0) is 43.0 Å². The fourth-order valence-electron chi connectivity index (χ4n) is 2.18. The third kappa shape index (κ3) is 4.41. The number of carbonyl (C=O) groups is 2. The average molecular weight is 331 g/mol. The standard InChI is InChI=1S/C17H18FN3O3/c18-13-5-3-12(4-6-13)15-9-14(21-24-15)17(23)19-8-7-16(22)20-10-11-1-2-11/h3-6,9,11H,1-2,7-8,10H2,(H,19,23)(H,20,22). The topological polar surface area (TPSA) is 84.2 Å². The highest BCUT2D eigenvalue weighted by Crippen LogP contribution is 2.27. The molecule has 0 atom stereocenters. The number of halogens is 1. The number of benzene rings is 1. The summed E-state index contributed by atoms with van der Waals surface area (Å²) in [5, 5.41) is 9.16. The molecule has 0 unspecified atom stereocenters. The number of nitrogens with one attached hydrogen (secondary N) is 2. The zero-order valence-electron chi connectivity index (χ0n) is 13.0. The van der Waals surface area contributed by atoms with Gasteiger partial charge in [0.05, 0.1) is 0 Å². The van der Waals surface area contributed by atoms with Gasteiger partial charge in [0.15, 0.2) is 11.5 Å². The molecular weight excluding hydrogens is 313 g/mol. The van der Waals surface area contributed by atoms with Crippen molar-refractivity contribution in [1.82, 2.24) is 15.8 Å². The molecule has 1 aromatic carbocycles. The largest absolute Gasteiger partial charge is 0.356 e. The minimum absolute atomic E-state index is 0.0747. The first-order valence-electron chi connectivity index (χ1n) is 7.89. The zero-order chi connectivity index (χ0) is 16.9. The third-order valence-corrected chi connectivity index (χ3v) is 3.79. The third-order valence-electron chi connectivity index (χ3n) is 3.79. The number of amides is 2. The highest BCUT2D eigenvalue weighted by Gasteiger charge is 2.21. The number of rotatable bonds is 7. The monoisotopic (exact) mass is 331 g/mol. The Labute approximate surface area is 138 Å². The molecule has 0 spiro atoms. The van der Waals surface area contributed by atoms with E-state index >= 15 is 0 Å². The smallest absolute Gasteiger partial charge is 0.273 e. The lowest BCUT2D eigenvalue weighted by Gasteiger charge is -2.04. The Morgan fingerprint density at radius 3 is 2.67 bits per heavy atom. The van der Waals surface area contributed by atoms with Crippen molar-refractivity contribution in [3.8, 4) is 11.3 Å². The van der Waals surface area contributed by atoms with Crippen LogP contribution in [0.5, 0.6) is 0 Å². The van der Waals surface area contributed by atoms with Gasteiger partial charge in [-0.3, -0.25) is 9.59 Å². The summed E-state index contributed by atoms with van der Waals surface area (Å²) in [5.74, 6) is 0.165. The summed E-state index contributed by atoms with van der Waals surface area (Å²) in [4.78, 5) is 23.6. The van der Waals surface area contributed by atoms with Crippen LogP contribution in [0.15, 0.2) is 34.9 Å². The van der Waals surface area contributed by atoms with Crippen molar-refractivity contribution in [2.24, 2.45) is 5.92 Å². The average Bonchev–Trinajstić information content (AvgIpc) is 3.28. The molecule has 24 heavy (non-hydrogen) atoms. The van der Waals surface area contributed by atoms with E-state index in [1.54, 1.807) is 12.1 Å². The molecule has 6 nitrogen and oxygen atoms in total. The highest BCUT2D eigenvalue weighted by atomic mass is 19.1. The number of carbonyl (C=O) groups excluding carboxylic acids is 2. The van der Waals surface area contributed by atoms with Gasteiger partial charge < -0.3 is 15.2 Å². The van der Waals surface area contributed by atoms with Gasteiger partial charge in [-0.25, -0.2) is 4.39 Å². The molecule has 0 bridgehead atoms. The Bertz CT molecular complexity index is 723. The summed E-state index contributed by atoms with van der Waals surface area (Å²) in [5.41, 5.74) is 0.745. The van der Waals surface area contributed by atoms with Gasteiger partial charge in [0.1, 0.15) is 5.82 Å². The summed E-state index contributed by atoms with van der Waals surface area (Å²) < 4.78 is 18.0. The first-order valence-corrected chi connectivity index (χ1v) is 7.89. The van der Waals surface area contributed by atoms with Crippen molar-refractivity contribution in [3.05, 3.63) is 41.8 Å². The van der Waals surface area contributed by atoms with Crippen LogP contribution in [0.3, 0.4) is 0 Å². The summed E-state index contributed by atoms with van der Waals surface area (Å²) in [6, 6.07) is 7.18. The van der Waals surface area contributed by atoms with Crippen molar-refractivity contribution in [1.29, 1.82) is 0 Å². The van der Waals surface area contributed by atoms with E-state index in [0.29, 0.717) is 17.2 Å². The fourth-order valence-corrected chi connectivity index (χ4v) is 2.18. The number of aromatic nitrogens is 1. The molecule has 1 saturated carbocycles. The van der Waals surface area contributed by atoms with E-state index in [1.807, 2.05) is 0 Å². The van der Waals surface area contributed by atoms with Gasteiger partial charge in [0.2, 0.25) is 5.91 Å². The molecule has 1 heterocycles. The summed E-state index contributed by atoms with van der Waals surface area (Å²) >= 11 is 0. The van der Waals surface area contributed by atoms with E-state index < -0.39 is 5.91 Å². The molecule has 1 aliphatic rings. The van der Waals surface area contributed by atoms with Crippen molar-refractivity contribution in [3.63, 3.8) is 0 Å².